The van der Waals surface area contributed by atoms with Gasteiger partial charge in [-0.05, 0) is 56.0 Å². The minimum Gasteiger partial charge on any atom is -0.367 e. The highest BCUT2D eigenvalue weighted by Crippen LogP contribution is 2.68. The summed E-state index contributed by atoms with van der Waals surface area (Å²) in [6.45, 7) is 7.46. The van der Waals surface area contributed by atoms with E-state index >= 15 is 0 Å². The highest BCUT2D eigenvalue weighted by Gasteiger charge is 2.58. The maximum absolute atomic E-state index is 11.3. The molecule has 1 aliphatic rings. The first-order valence-electron chi connectivity index (χ1n) is 10.3. The maximum Gasteiger partial charge on any atom is 0.369 e. The van der Waals surface area contributed by atoms with Crippen LogP contribution in [0.3, 0.4) is 0 Å². The first kappa shape index (κ1) is 26.3. The molecule has 0 aromatic rings. The summed E-state index contributed by atoms with van der Waals surface area (Å²) in [5.41, 5.74) is 0. The van der Waals surface area contributed by atoms with Gasteiger partial charge in [-0.15, -0.1) is 0 Å². The molecule has 0 amide bonds. The monoisotopic (exact) mass is 443 g/mol. The lowest BCUT2D eigenvalue weighted by Crippen LogP contribution is -2.33. The molecule has 0 spiro atoms. The van der Waals surface area contributed by atoms with Crippen LogP contribution in [0.15, 0.2) is 0 Å². The summed E-state index contributed by atoms with van der Waals surface area (Å²) in [5.74, 6) is 3.13. The van der Waals surface area contributed by atoms with Crippen molar-refractivity contribution in [2.75, 3.05) is 13.1 Å². The lowest BCUT2D eigenvalue weighted by Gasteiger charge is -2.37. The third-order valence-corrected chi connectivity index (χ3v) is 10.0. The summed E-state index contributed by atoms with van der Waals surface area (Å²) in [5, 5.41) is 9.38. The Hall–Kier alpha value is 0.220. The van der Waals surface area contributed by atoms with Crippen molar-refractivity contribution in [3.63, 3.8) is 0 Å². The van der Waals surface area contributed by atoms with Gasteiger partial charge in [0.05, 0.1) is 0 Å². The fourth-order valence-electron chi connectivity index (χ4n) is 4.41. The molecule has 8 nitrogen and oxygen atoms in total. The maximum atomic E-state index is 11.3. The van der Waals surface area contributed by atoms with E-state index in [1.807, 2.05) is 0 Å². The minimum absolute atomic E-state index is 0.0811. The van der Waals surface area contributed by atoms with Gasteiger partial charge in [0.2, 0.25) is 0 Å². The Labute approximate surface area is 168 Å². The molecule has 28 heavy (non-hydrogen) atoms. The molecule has 0 bridgehead atoms. The normalized spacial score (nSPS) is 24.7. The van der Waals surface area contributed by atoms with Crippen molar-refractivity contribution >= 4 is 15.2 Å². The Bertz CT molecular complexity index is 538. The molecule has 10 heteroatoms. The van der Waals surface area contributed by atoms with Gasteiger partial charge in [-0.3, -0.25) is 9.13 Å². The summed E-state index contributed by atoms with van der Waals surface area (Å²) < 4.78 is 22.6. The predicted octanol–water partition coefficient (Wildman–Crippen LogP) is 3.24. The number of unbranched alkanes of at least 4 members (excludes halogenated alkanes) is 2. The first-order chi connectivity index (χ1) is 12.8. The van der Waals surface area contributed by atoms with Crippen LogP contribution in [0.4, 0.5) is 0 Å². The lowest BCUT2D eigenvalue weighted by molar-refractivity contribution is 0.123. The summed E-state index contributed by atoms with van der Waals surface area (Å²) >= 11 is 0. The number of nitrogens with one attached hydrogen (secondary N) is 1. The molecule has 0 aliphatic heterocycles. The minimum atomic E-state index is -5.36. The molecule has 3 atom stereocenters. The first-order valence-corrected chi connectivity index (χ1v) is 13.6. The zero-order valence-corrected chi connectivity index (χ0v) is 19.1. The molecule has 6 N–H and O–H groups in total. The van der Waals surface area contributed by atoms with Crippen LogP contribution in [-0.2, 0) is 9.13 Å². The van der Waals surface area contributed by atoms with E-state index in [4.69, 9.17) is 19.6 Å². The lowest BCUT2D eigenvalue weighted by atomic mass is 9.68. The highest BCUT2D eigenvalue weighted by atomic mass is 31.2. The van der Waals surface area contributed by atoms with Crippen LogP contribution < -0.4 is 5.32 Å². The van der Waals surface area contributed by atoms with Crippen molar-refractivity contribution in [2.45, 2.75) is 77.2 Å². The van der Waals surface area contributed by atoms with Crippen molar-refractivity contribution < 1.29 is 33.8 Å². The van der Waals surface area contributed by atoms with Crippen LogP contribution in [0.1, 0.15) is 72.1 Å². The molecule has 1 saturated carbocycles. The van der Waals surface area contributed by atoms with Gasteiger partial charge in [0.25, 0.3) is 5.08 Å². The van der Waals surface area contributed by atoms with Gasteiger partial charge in [-0.25, -0.2) is 0 Å². The molecule has 3 unspecified atom stereocenters. The van der Waals surface area contributed by atoms with Crippen LogP contribution in [0.2, 0.25) is 0 Å². The van der Waals surface area contributed by atoms with E-state index in [0.29, 0.717) is 6.54 Å². The summed E-state index contributed by atoms with van der Waals surface area (Å²) in [6.07, 6.45) is 7.53. The van der Waals surface area contributed by atoms with Gasteiger partial charge in [-0.2, -0.15) is 0 Å². The second kappa shape index (κ2) is 11.0. The van der Waals surface area contributed by atoms with Crippen LogP contribution in [0.5, 0.6) is 0 Å². The zero-order chi connectivity index (χ0) is 21.6. The largest absolute Gasteiger partial charge is 0.369 e. The molecular formula is C18H39NO7P2. The number of rotatable bonds is 12. The summed E-state index contributed by atoms with van der Waals surface area (Å²) in [6, 6.07) is 0. The van der Waals surface area contributed by atoms with E-state index in [0.717, 1.165) is 42.9 Å². The van der Waals surface area contributed by atoms with Crippen LogP contribution in [0, 0.1) is 23.7 Å². The quantitative estimate of drug-likeness (QED) is 0.199. The second-order valence-electron chi connectivity index (χ2n) is 8.80. The number of aliphatic hydroxyl groups is 1. The average Bonchev–Trinajstić information content (AvgIpc) is 2.54. The van der Waals surface area contributed by atoms with Gasteiger partial charge in [0.1, 0.15) is 0 Å². The molecule has 0 heterocycles. The van der Waals surface area contributed by atoms with Crippen LogP contribution in [-0.4, -0.2) is 42.9 Å². The Morgan fingerprint density at radius 3 is 2.14 bits per heavy atom. The zero-order valence-electron chi connectivity index (χ0n) is 17.3. The SMILES string of the molecule is CC1CCC(C(C)C)C(CCCCCNCCC(O)(P(=O)(O)O)P(=O)(O)O)C1. The van der Waals surface area contributed by atoms with Crippen molar-refractivity contribution in [2.24, 2.45) is 23.7 Å². The van der Waals surface area contributed by atoms with Crippen molar-refractivity contribution in [3.8, 4) is 0 Å². The van der Waals surface area contributed by atoms with E-state index in [1.54, 1.807) is 0 Å². The standard InChI is InChI=1S/C18H39NO7P2/c1-14(2)17-9-8-15(3)13-16(17)7-5-4-6-11-19-12-10-18(20,27(21,22)23)28(24,25)26/h14-17,19-20H,4-13H2,1-3H3,(H2,21,22,23)(H2,24,25,26). The molecule has 0 aromatic heterocycles. The molecule has 0 radical (unpaired) electrons. The van der Waals surface area contributed by atoms with Gasteiger partial charge in [0, 0.05) is 6.42 Å². The smallest absolute Gasteiger partial charge is 0.367 e. The number of hydrogen-bond acceptors (Lipinski definition) is 4. The average molecular weight is 443 g/mol. The molecule has 0 saturated heterocycles. The Morgan fingerprint density at radius 1 is 1.00 bits per heavy atom. The third-order valence-electron chi connectivity index (χ3n) is 6.16. The van der Waals surface area contributed by atoms with Crippen LogP contribution in [0.25, 0.3) is 0 Å². The van der Waals surface area contributed by atoms with Gasteiger partial charge in [-0.1, -0.05) is 46.5 Å². The number of hydrogen-bond donors (Lipinski definition) is 6. The Balaban J connectivity index is 2.27. The van der Waals surface area contributed by atoms with E-state index < -0.39 is 26.7 Å². The fraction of sp³-hybridized carbons (Fsp3) is 1.00. The molecule has 1 rings (SSSR count). The van der Waals surface area contributed by atoms with Gasteiger partial charge in [0.15, 0.2) is 0 Å². The van der Waals surface area contributed by atoms with Crippen molar-refractivity contribution in [3.05, 3.63) is 0 Å². The Kier molecular flexibility index (Phi) is 10.3. The fourth-order valence-corrected chi connectivity index (χ4v) is 6.57. The predicted molar refractivity (Wildman–Crippen MR) is 110 cm³/mol. The summed E-state index contributed by atoms with van der Waals surface area (Å²) in [7, 11) is -10.7. The third kappa shape index (κ3) is 7.48. The summed E-state index contributed by atoms with van der Waals surface area (Å²) in [4.78, 5) is 36.4. The van der Waals surface area contributed by atoms with E-state index in [2.05, 4.69) is 26.1 Å². The molecule has 1 aliphatic carbocycles. The van der Waals surface area contributed by atoms with E-state index in [9.17, 15) is 14.2 Å². The molecular weight excluding hydrogens is 404 g/mol. The van der Waals surface area contributed by atoms with E-state index in [1.165, 1.54) is 25.7 Å². The van der Waals surface area contributed by atoms with Gasteiger partial charge < -0.3 is 30.0 Å². The van der Waals surface area contributed by atoms with E-state index in [-0.39, 0.29) is 6.54 Å². The molecule has 0 aromatic carbocycles. The van der Waals surface area contributed by atoms with Crippen molar-refractivity contribution in [1.29, 1.82) is 0 Å². The van der Waals surface area contributed by atoms with Crippen LogP contribution >= 0.6 is 15.2 Å². The van der Waals surface area contributed by atoms with Crippen molar-refractivity contribution in [1.82, 2.24) is 5.32 Å². The highest BCUT2D eigenvalue weighted by molar-refractivity contribution is 7.72. The molecule has 1 fully saturated rings. The Morgan fingerprint density at radius 2 is 1.61 bits per heavy atom. The topological polar surface area (TPSA) is 147 Å². The second-order valence-corrected chi connectivity index (χ2v) is 12.8. The molecule has 168 valence electrons. The van der Waals surface area contributed by atoms with Gasteiger partial charge >= 0.3 is 15.2 Å².